The molecule has 17 heavy (non-hydrogen) atoms. The van der Waals surface area contributed by atoms with Gasteiger partial charge in [-0.1, -0.05) is 0 Å². The zero-order valence-corrected chi connectivity index (χ0v) is 11.7. The fourth-order valence-electron chi connectivity index (χ4n) is 2.53. The van der Waals surface area contributed by atoms with Crippen molar-refractivity contribution in [3.8, 4) is 0 Å². The van der Waals surface area contributed by atoms with E-state index in [0.717, 1.165) is 19.8 Å². The lowest BCUT2D eigenvalue weighted by atomic mass is 10.0. The summed E-state index contributed by atoms with van der Waals surface area (Å²) in [6, 6.07) is 3.10. The monoisotopic (exact) mass is 254 g/mol. The molecule has 2 rings (SSSR count). The van der Waals surface area contributed by atoms with E-state index in [-0.39, 0.29) is 6.04 Å². The summed E-state index contributed by atoms with van der Waals surface area (Å²) >= 11 is 1.82. The van der Waals surface area contributed by atoms with E-state index in [1.165, 1.54) is 10.4 Å². The van der Waals surface area contributed by atoms with Crippen LogP contribution in [0.25, 0.3) is 0 Å². The zero-order valence-electron chi connectivity index (χ0n) is 10.8. The molecule has 4 heteroatoms. The predicted octanol–water partition coefficient (Wildman–Crippen LogP) is 2.17. The van der Waals surface area contributed by atoms with E-state index in [4.69, 9.17) is 10.5 Å². The number of morpholine rings is 1. The van der Waals surface area contributed by atoms with Crippen LogP contribution in [0, 0.1) is 6.92 Å². The van der Waals surface area contributed by atoms with Crippen molar-refractivity contribution in [1.29, 1.82) is 0 Å². The van der Waals surface area contributed by atoms with Crippen LogP contribution in [0.2, 0.25) is 0 Å². The zero-order chi connectivity index (χ0) is 12.4. The van der Waals surface area contributed by atoms with E-state index in [1.54, 1.807) is 0 Å². The molecular weight excluding hydrogens is 232 g/mol. The van der Waals surface area contributed by atoms with Crippen LogP contribution in [0.15, 0.2) is 11.4 Å². The Morgan fingerprint density at radius 1 is 1.59 bits per heavy atom. The van der Waals surface area contributed by atoms with Crippen molar-refractivity contribution in [2.45, 2.75) is 38.9 Å². The summed E-state index contributed by atoms with van der Waals surface area (Å²) in [5, 5.41) is 2.16. The van der Waals surface area contributed by atoms with Crippen molar-refractivity contribution >= 4 is 11.3 Å². The Labute approximate surface area is 108 Å². The summed E-state index contributed by atoms with van der Waals surface area (Å²) in [4.78, 5) is 3.90. The molecule has 1 saturated heterocycles. The van der Waals surface area contributed by atoms with Crippen molar-refractivity contribution in [2.24, 2.45) is 5.73 Å². The molecule has 1 fully saturated rings. The van der Waals surface area contributed by atoms with Crippen LogP contribution in [0.1, 0.15) is 30.3 Å². The minimum Gasteiger partial charge on any atom is -0.379 e. The van der Waals surface area contributed by atoms with Gasteiger partial charge in [0.15, 0.2) is 0 Å². The highest BCUT2D eigenvalue weighted by atomic mass is 32.1. The number of ether oxygens (including phenoxy) is 1. The molecule has 0 radical (unpaired) electrons. The molecule has 1 aromatic rings. The summed E-state index contributed by atoms with van der Waals surface area (Å²) in [7, 11) is 0. The Balaban J connectivity index is 2.25. The van der Waals surface area contributed by atoms with Gasteiger partial charge in [-0.3, -0.25) is 4.90 Å². The molecule has 0 aromatic carbocycles. The molecule has 1 aromatic heterocycles. The molecule has 0 amide bonds. The van der Waals surface area contributed by atoms with E-state index in [0.29, 0.717) is 12.1 Å². The summed E-state index contributed by atoms with van der Waals surface area (Å²) in [5.41, 5.74) is 7.57. The van der Waals surface area contributed by atoms with Crippen molar-refractivity contribution in [3.05, 3.63) is 21.9 Å². The van der Waals surface area contributed by atoms with Crippen LogP contribution < -0.4 is 5.73 Å². The second-order valence-electron chi connectivity index (χ2n) is 4.93. The van der Waals surface area contributed by atoms with E-state index >= 15 is 0 Å². The quantitative estimate of drug-likeness (QED) is 0.898. The average molecular weight is 254 g/mol. The van der Waals surface area contributed by atoms with E-state index in [2.05, 4.69) is 37.1 Å². The maximum absolute atomic E-state index is 6.21. The number of thiophene rings is 1. The highest BCUT2D eigenvalue weighted by molar-refractivity contribution is 7.10. The normalized spacial score (nSPS) is 25.8. The lowest BCUT2D eigenvalue weighted by molar-refractivity contribution is -0.0262. The first-order valence-electron chi connectivity index (χ1n) is 6.24. The van der Waals surface area contributed by atoms with E-state index < -0.39 is 0 Å². The van der Waals surface area contributed by atoms with Gasteiger partial charge in [0, 0.05) is 23.5 Å². The van der Waals surface area contributed by atoms with Gasteiger partial charge in [0.2, 0.25) is 0 Å². The van der Waals surface area contributed by atoms with Crippen LogP contribution >= 0.6 is 11.3 Å². The molecule has 1 aliphatic rings. The Bertz CT molecular complexity index is 364. The van der Waals surface area contributed by atoms with E-state index in [9.17, 15) is 0 Å². The minimum atomic E-state index is 0.146. The molecule has 96 valence electrons. The molecular formula is C13H22N2OS. The third-order valence-corrected chi connectivity index (χ3v) is 4.53. The second kappa shape index (κ2) is 5.48. The summed E-state index contributed by atoms with van der Waals surface area (Å²) in [5.74, 6) is 0. The average Bonchev–Trinajstić information content (AvgIpc) is 2.68. The number of aryl methyl sites for hydroxylation is 1. The van der Waals surface area contributed by atoms with Gasteiger partial charge < -0.3 is 10.5 Å². The summed E-state index contributed by atoms with van der Waals surface area (Å²) in [6.07, 6.45) is 0. The van der Waals surface area contributed by atoms with Gasteiger partial charge in [-0.15, -0.1) is 11.3 Å². The minimum absolute atomic E-state index is 0.146. The molecule has 3 nitrogen and oxygen atoms in total. The highest BCUT2D eigenvalue weighted by Crippen LogP contribution is 2.32. The molecule has 3 atom stereocenters. The molecule has 1 aliphatic heterocycles. The molecule has 0 saturated carbocycles. The fraction of sp³-hybridized carbons (Fsp3) is 0.692. The second-order valence-corrected chi connectivity index (χ2v) is 5.88. The Kier molecular flexibility index (Phi) is 4.20. The van der Waals surface area contributed by atoms with Crippen LogP contribution in [0.3, 0.4) is 0 Å². The molecule has 3 unspecified atom stereocenters. The lowest BCUT2D eigenvalue weighted by Gasteiger charge is -2.41. The van der Waals surface area contributed by atoms with Crippen LogP contribution in [0.4, 0.5) is 0 Å². The van der Waals surface area contributed by atoms with Gasteiger partial charge in [0.05, 0.1) is 19.3 Å². The Hall–Kier alpha value is -0.420. The highest BCUT2D eigenvalue weighted by Gasteiger charge is 2.31. The number of nitrogens with zero attached hydrogens (tertiary/aromatic N) is 1. The fourth-order valence-corrected chi connectivity index (χ4v) is 3.69. The lowest BCUT2D eigenvalue weighted by Crippen LogP contribution is -2.50. The van der Waals surface area contributed by atoms with Gasteiger partial charge >= 0.3 is 0 Å². The van der Waals surface area contributed by atoms with Crippen LogP contribution in [-0.4, -0.2) is 36.7 Å². The maximum atomic E-state index is 6.21. The number of rotatable bonds is 3. The first-order valence-corrected chi connectivity index (χ1v) is 7.12. The largest absolute Gasteiger partial charge is 0.379 e. The van der Waals surface area contributed by atoms with Gasteiger partial charge in [0.1, 0.15) is 0 Å². The predicted molar refractivity (Wildman–Crippen MR) is 72.4 cm³/mol. The number of nitrogens with two attached hydrogens (primary N) is 1. The van der Waals surface area contributed by atoms with Gasteiger partial charge in [-0.2, -0.15) is 0 Å². The standard InChI is InChI=1S/C13H22N2OS/c1-9-4-7-17-13(9)12(11(3)14)15-5-6-16-8-10(15)2/h4,7,10-12H,5-6,8,14H2,1-3H3. The number of hydrogen-bond acceptors (Lipinski definition) is 4. The van der Waals surface area contributed by atoms with Gasteiger partial charge in [-0.05, 0) is 37.8 Å². The van der Waals surface area contributed by atoms with Crippen LogP contribution in [0.5, 0.6) is 0 Å². The smallest absolute Gasteiger partial charge is 0.0620 e. The molecule has 0 bridgehead atoms. The molecule has 2 N–H and O–H groups in total. The van der Waals surface area contributed by atoms with Gasteiger partial charge in [-0.25, -0.2) is 0 Å². The van der Waals surface area contributed by atoms with Gasteiger partial charge in [0.25, 0.3) is 0 Å². The first-order chi connectivity index (χ1) is 8.11. The maximum Gasteiger partial charge on any atom is 0.0620 e. The number of hydrogen-bond donors (Lipinski definition) is 1. The molecule has 0 aliphatic carbocycles. The first kappa shape index (κ1) is 13.0. The van der Waals surface area contributed by atoms with Crippen molar-refractivity contribution in [3.63, 3.8) is 0 Å². The van der Waals surface area contributed by atoms with Crippen molar-refractivity contribution in [2.75, 3.05) is 19.8 Å². The van der Waals surface area contributed by atoms with Crippen LogP contribution in [-0.2, 0) is 4.74 Å². The van der Waals surface area contributed by atoms with Crippen molar-refractivity contribution < 1.29 is 4.74 Å². The molecule has 2 heterocycles. The third-order valence-electron chi connectivity index (χ3n) is 3.44. The summed E-state index contributed by atoms with van der Waals surface area (Å²) < 4.78 is 5.51. The topological polar surface area (TPSA) is 38.5 Å². The Morgan fingerprint density at radius 3 is 2.88 bits per heavy atom. The SMILES string of the molecule is Cc1ccsc1C(C(C)N)N1CCOCC1C. The Morgan fingerprint density at radius 2 is 2.35 bits per heavy atom. The molecule has 0 spiro atoms. The van der Waals surface area contributed by atoms with Crippen molar-refractivity contribution in [1.82, 2.24) is 4.90 Å². The third kappa shape index (κ3) is 2.71. The van der Waals surface area contributed by atoms with E-state index in [1.807, 2.05) is 11.3 Å². The summed E-state index contributed by atoms with van der Waals surface area (Å²) in [6.45, 7) is 9.10.